The Morgan fingerprint density at radius 1 is 1.17 bits per heavy atom. The summed E-state index contributed by atoms with van der Waals surface area (Å²) in [6.07, 6.45) is 0. The highest BCUT2D eigenvalue weighted by Gasteiger charge is 2.13. The van der Waals surface area contributed by atoms with Gasteiger partial charge in [0.1, 0.15) is 5.75 Å². The number of hydrogen-bond acceptors (Lipinski definition) is 2. The molecule has 0 heterocycles. The van der Waals surface area contributed by atoms with Crippen molar-refractivity contribution >= 4 is 17.6 Å². The van der Waals surface area contributed by atoms with E-state index in [1.54, 1.807) is 25.1 Å². The largest absolute Gasteiger partial charge is 0.508 e. The first-order valence-electron chi connectivity index (χ1n) is 5.32. The van der Waals surface area contributed by atoms with Crippen molar-refractivity contribution in [1.29, 1.82) is 0 Å². The van der Waals surface area contributed by atoms with E-state index < -0.39 is 5.97 Å². The predicted octanol–water partition coefficient (Wildman–Crippen LogP) is 3.72. The average molecular weight is 263 g/mol. The molecule has 3 nitrogen and oxygen atoms in total. The van der Waals surface area contributed by atoms with E-state index in [1.807, 2.05) is 0 Å². The van der Waals surface area contributed by atoms with E-state index in [0.29, 0.717) is 21.7 Å². The highest BCUT2D eigenvalue weighted by atomic mass is 35.5. The van der Waals surface area contributed by atoms with Gasteiger partial charge in [-0.15, -0.1) is 0 Å². The molecule has 2 aromatic carbocycles. The van der Waals surface area contributed by atoms with E-state index in [1.165, 1.54) is 18.2 Å². The van der Waals surface area contributed by atoms with E-state index in [9.17, 15) is 9.90 Å². The van der Waals surface area contributed by atoms with Crippen LogP contribution < -0.4 is 0 Å². The summed E-state index contributed by atoms with van der Waals surface area (Å²) in [5, 5.41) is 19.0. The summed E-state index contributed by atoms with van der Waals surface area (Å²) in [6, 6.07) is 9.57. The van der Waals surface area contributed by atoms with Crippen molar-refractivity contribution in [2.24, 2.45) is 0 Å². The molecule has 0 radical (unpaired) electrons. The van der Waals surface area contributed by atoms with Gasteiger partial charge in [0.2, 0.25) is 0 Å². The summed E-state index contributed by atoms with van der Waals surface area (Å²) in [4.78, 5) is 11.1. The van der Waals surface area contributed by atoms with Gasteiger partial charge in [0.15, 0.2) is 0 Å². The molecule has 0 saturated heterocycles. The SMILES string of the molecule is Cc1c(C(=O)O)cccc1-c1cc(O)ccc1Cl. The second kappa shape index (κ2) is 4.70. The van der Waals surface area contributed by atoms with Crippen LogP contribution in [0.1, 0.15) is 15.9 Å². The number of benzene rings is 2. The minimum atomic E-state index is -0.981. The average Bonchev–Trinajstić information content (AvgIpc) is 2.32. The van der Waals surface area contributed by atoms with Gasteiger partial charge >= 0.3 is 5.97 Å². The summed E-state index contributed by atoms with van der Waals surface area (Å²) in [5.41, 5.74) is 2.18. The lowest BCUT2D eigenvalue weighted by Crippen LogP contribution is -2.00. The second-order valence-electron chi connectivity index (χ2n) is 3.95. The molecule has 2 aromatic rings. The van der Waals surface area contributed by atoms with Crippen LogP contribution in [0.5, 0.6) is 5.75 Å². The Morgan fingerprint density at radius 3 is 2.56 bits per heavy atom. The quantitative estimate of drug-likeness (QED) is 0.867. The lowest BCUT2D eigenvalue weighted by Gasteiger charge is -2.10. The van der Waals surface area contributed by atoms with Crippen molar-refractivity contribution in [2.75, 3.05) is 0 Å². The molecule has 0 aromatic heterocycles. The summed E-state index contributed by atoms with van der Waals surface area (Å²) < 4.78 is 0. The van der Waals surface area contributed by atoms with Gasteiger partial charge in [-0.1, -0.05) is 23.7 Å². The molecular formula is C14H11ClO3. The Bertz CT molecular complexity index is 620. The molecule has 2 N–H and O–H groups in total. The number of carboxylic acid groups (broad SMARTS) is 1. The smallest absolute Gasteiger partial charge is 0.335 e. The molecule has 0 atom stereocenters. The first kappa shape index (κ1) is 12.5. The first-order chi connectivity index (χ1) is 8.50. The van der Waals surface area contributed by atoms with Crippen LogP contribution in [-0.4, -0.2) is 16.2 Å². The molecular weight excluding hydrogens is 252 g/mol. The standard InChI is InChI=1S/C14H11ClO3/c1-8-10(3-2-4-11(8)14(17)18)12-7-9(16)5-6-13(12)15/h2-7,16H,1H3,(H,17,18). The molecule has 0 bridgehead atoms. The monoisotopic (exact) mass is 262 g/mol. The Morgan fingerprint density at radius 2 is 1.89 bits per heavy atom. The predicted molar refractivity (Wildman–Crippen MR) is 70.2 cm³/mol. The topological polar surface area (TPSA) is 57.5 Å². The molecule has 0 amide bonds. The third-order valence-corrected chi connectivity index (χ3v) is 3.13. The van der Waals surface area contributed by atoms with Crippen molar-refractivity contribution in [1.82, 2.24) is 0 Å². The summed E-state index contributed by atoms with van der Waals surface area (Å²) in [5.74, 6) is -0.889. The number of aromatic carboxylic acids is 1. The molecule has 0 aliphatic rings. The van der Waals surface area contributed by atoms with Crippen LogP contribution in [0, 0.1) is 6.92 Å². The number of phenolic OH excluding ortho intramolecular Hbond substituents is 1. The molecule has 18 heavy (non-hydrogen) atoms. The van der Waals surface area contributed by atoms with Crippen LogP contribution in [0.15, 0.2) is 36.4 Å². The van der Waals surface area contributed by atoms with E-state index in [4.69, 9.17) is 16.7 Å². The summed E-state index contributed by atoms with van der Waals surface area (Å²) in [7, 11) is 0. The van der Waals surface area contributed by atoms with Gasteiger partial charge in [0, 0.05) is 10.6 Å². The van der Waals surface area contributed by atoms with Crippen LogP contribution in [-0.2, 0) is 0 Å². The lowest BCUT2D eigenvalue weighted by atomic mass is 9.96. The zero-order valence-corrected chi connectivity index (χ0v) is 10.4. The second-order valence-corrected chi connectivity index (χ2v) is 4.35. The molecule has 2 rings (SSSR count). The van der Waals surface area contributed by atoms with E-state index >= 15 is 0 Å². The molecule has 0 saturated carbocycles. The van der Waals surface area contributed by atoms with Crippen LogP contribution in [0.3, 0.4) is 0 Å². The minimum Gasteiger partial charge on any atom is -0.508 e. The van der Waals surface area contributed by atoms with Crippen LogP contribution >= 0.6 is 11.6 Å². The number of hydrogen-bond donors (Lipinski definition) is 2. The maximum atomic E-state index is 11.1. The number of carbonyl (C=O) groups is 1. The van der Waals surface area contributed by atoms with Crippen LogP contribution in [0.2, 0.25) is 5.02 Å². The molecule has 0 fully saturated rings. The molecule has 4 heteroatoms. The highest BCUT2D eigenvalue weighted by molar-refractivity contribution is 6.33. The normalized spacial score (nSPS) is 10.3. The van der Waals surface area contributed by atoms with Crippen molar-refractivity contribution in [3.8, 4) is 16.9 Å². The zero-order valence-electron chi connectivity index (χ0n) is 9.64. The fraction of sp³-hybridized carbons (Fsp3) is 0.0714. The number of phenols is 1. The molecule has 92 valence electrons. The zero-order chi connectivity index (χ0) is 13.3. The van der Waals surface area contributed by atoms with E-state index in [-0.39, 0.29) is 11.3 Å². The van der Waals surface area contributed by atoms with Crippen molar-refractivity contribution < 1.29 is 15.0 Å². The molecule has 0 spiro atoms. The molecule has 0 aliphatic heterocycles. The van der Waals surface area contributed by atoms with Gasteiger partial charge in [0.05, 0.1) is 5.56 Å². The number of aromatic hydroxyl groups is 1. The lowest BCUT2D eigenvalue weighted by molar-refractivity contribution is 0.0696. The maximum Gasteiger partial charge on any atom is 0.335 e. The summed E-state index contributed by atoms with van der Waals surface area (Å²) in [6.45, 7) is 1.72. The number of halogens is 1. The third kappa shape index (κ3) is 2.17. The number of rotatable bonds is 2. The fourth-order valence-electron chi connectivity index (χ4n) is 1.88. The van der Waals surface area contributed by atoms with Gasteiger partial charge in [0.25, 0.3) is 0 Å². The van der Waals surface area contributed by atoms with Gasteiger partial charge in [-0.2, -0.15) is 0 Å². The van der Waals surface area contributed by atoms with Crippen molar-refractivity contribution in [3.63, 3.8) is 0 Å². The Kier molecular flexibility index (Phi) is 3.26. The maximum absolute atomic E-state index is 11.1. The van der Waals surface area contributed by atoms with Gasteiger partial charge in [-0.3, -0.25) is 0 Å². The first-order valence-corrected chi connectivity index (χ1v) is 5.70. The van der Waals surface area contributed by atoms with Gasteiger partial charge < -0.3 is 10.2 Å². The van der Waals surface area contributed by atoms with E-state index in [2.05, 4.69) is 0 Å². The van der Waals surface area contributed by atoms with Crippen molar-refractivity contribution in [2.45, 2.75) is 6.92 Å². The van der Waals surface area contributed by atoms with Crippen molar-refractivity contribution in [3.05, 3.63) is 52.5 Å². The number of carboxylic acids is 1. The molecule has 0 unspecified atom stereocenters. The van der Waals surface area contributed by atoms with Crippen LogP contribution in [0.25, 0.3) is 11.1 Å². The van der Waals surface area contributed by atoms with Gasteiger partial charge in [-0.25, -0.2) is 4.79 Å². The van der Waals surface area contributed by atoms with Crippen LogP contribution in [0.4, 0.5) is 0 Å². The van der Waals surface area contributed by atoms with E-state index in [0.717, 1.165) is 0 Å². The highest BCUT2D eigenvalue weighted by Crippen LogP contribution is 2.34. The molecule has 0 aliphatic carbocycles. The fourth-order valence-corrected chi connectivity index (χ4v) is 2.10. The Hall–Kier alpha value is -2.00. The minimum absolute atomic E-state index is 0.0922. The Balaban J connectivity index is 2.68. The van der Waals surface area contributed by atoms with Gasteiger partial charge in [-0.05, 0) is 42.3 Å². The third-order valence-electron chi connectivity index (χ3n) is 2.80. The Labute approximate surface area is 109 Å². The summed E-state index contributed by atoms with van der Waals surface area (Å²) >= 11 is 6.08.